The summed E-state index contributed by atoms with van der Waals surface area (Å²) in [6, 6.07) is 9.91. The van der Waals surface area contributed by atoms with Gasteiger partial charge in [-0.25, -0.2) is 9.78 Å². The summed E-state index contributed by atoms with van der Waals surface area (Å²) < 4.78 is 10.7. The molecule has 2 rings (SSSR count). The highest BCUT2D eigenvalue weighted by Crippen LogP contribution is 2.29. The van der Waals surface area contributed by atoms with E-state index in [1.54, 1.807) is 12.0 Å². The van der Waals surface area contributed by atoms with Crippen LogP contribution in [0.25, 0.3) is 0 Å². The predicted molar refractivity (Wildman–Crippen MR) is 92.7 cm³/mol. The second kappa shape index (κ2) is 8.29. The van der Waals surface area contributed by atoms with E-state index in [-0.39, 0.29) is 17.9 Å². The van der Waals surface area contributed by atoms with Crippen LogP contribution in [0.1, 0.15) is 15.2 Å². The maximum Gasteiger partial charge on any atom is 0.351 e. The van der Waals surface area contributed by atoms with Crippen LogP contribution in [-0.4, -0.2) is 44.9 Å². The molecule has 0 aliphatic carbocycles. The first-order valence-corrected chi connectivity index (χ1v) is 8.28. The number of halogens is 1. The highest BCUT2D eigenvalue weighted by Gasteiger charge is 2.20. The standard InChI is InChI=1S/C16H19ClN2O3S/c1-19(2)16-18-14(17)13(23-16)15(20)22-10-12(21-3)9-11-7-5-4-6-8-11/h4-8,12H,9-10H2,1-3H3. The molecule has 0 aliphatic rings. The molecule has 0 saturated heterocycles. The molecule has 0 fully saturated rings. The molecule has 0 bridgehead atoms. The number of esters is 1. The molecule has 1 unspecified atom stereocenters. The Balaban J connectivity index is 1.94. The smallest absolute Gasteiger partial charge is 0.351 e. The van der Waals surface area contributed by atoms with Crippen LogP contribution in [0.2, 0.25) is 5.15 Å². The Morgan fingerprint density at radius 3 is 2.61 bits per heavy atom. The number of anilines is 1. The quantitative estimate of drug-likeness (QED) is 0.714. The van der Waals surface area contributed by atoms with Gasteiger partial charge < -0.3 is 14.4 Å². The van der Waals surface area contributed by atoms with Gasteiger partial charge >= 0.3 is 5.97 Å². The van der Waals surface area contributed by atoms with Crippen molar-refractivity contribution < 1.29 is 14.3 Å². The number of hydrogen-bond acceptors (Lipinski definition) is 6. The molecule has 124 valence electrons. The van der Waals surface area contributed by atoms with E-state index in [4.69, 9.17) is 21.1 Å². The van der Waals surface area contributed by atoms with Crippen LogP contribution in [0.15, 0.2) is 30.3 Å². The number of carbonyl (C=O) groups is 1. The van der Waals surface area contributed by atoms with Gasteiger partial charge in [0.1, 0.15) is 6.61 Å². The van der Waals surface area contributed by atoms with Gasteiger partial charge in [-0.3, -0.25) is 0 Å². The van der Waals surface area contributed by atoms with E-state index in [2.05, 4.69) is 4.98 Å². The molecule has 0 aliphatic heterocycles. The lowest BCUT2D eigenvalue weighted by atomic mass is 10.1. The third-order valence-corrected chi connectivity index (χ3v) is 4.77. The van der Waals surface area contributed by atoms with E-state index < -0.39 is 5.97 Å². The van der Waals surface area contributed by atoms with Crippen molar-refractivity contribution in [2.24, 2.45) is 0 Å². The molecule has 7 heteroatoms. The fourth-order valence-corrected chi connectivity index (χ4v) is 3.03. The Labute approximate surface area is 144 Å². The highest BCUT2D eigenvalue weighted by molar-refractivity contribution is 7.18. The summed E-state index contributed by atoms with van der Waals surface area (Å²) in [5.41, 5.74) is 1.13. The van der Waals surface area contributed by atoms with Crippen LogP contribution in [0.3, 0.4) is 0 Å². The maximum absolute atomic E-state index is 12.2. The van der Waals surface area contributed by atoms with Gasteiger partial charge in [0.2, 0.25) is 0 Å². The fourth-order valence-electron chi connectivity index (χ4n) is 1.93. The van der Waals surface area contributed by atoms with Crippen LogP contribution in [0.5, 0.6) is 0 Å². The number of carbonyl (C=O) groups excluding carboxylic acids is 1. The van der Waals surface area contributed by atoms with Gasteiger partial charge in [-0.05, 0) is 5.56 Å². The number of methoxy groups -OCH3 is 1. The molecular formula is C16H19ClN2O3S. The second-order valence-corrected chi connectivity index (χ2v) is 6.49. The molecule has 5 nitrogen and oxygen atoms in total. The Morgan fingerprint density at radius 2 is 2.04 bits per heavy atom. The van der Waals surface area contributed by atoms with Crippen molar-refractivity contribution in [1.29, 1.82) is 0 Å². The molecule has 1 aromatic heterocycles. The van der Waals surface area contributed by atoms with Gasteiger partial charge in [-0.2, -0.15) is 0 Å². The Morgan fingerprint density at radius 1 is 1.35 bits per heavy atom. The monoisotopic (exact) mass is 354 g/mol. The molecule has 1 aromatic carbocycles. The number of aromatic nitrogens is 1. The number of benzene rings is 1. The van der Waals surface area contributed by atoms with Crippen molar-refractivity contribution in [3.63, 3.8) is 0 Å². The second-order valence-electron chi connectivity index (χ2n) is 5.16. The van der Waals surface area contributed by atoms with E-state index >= 15 is 0 Å². The maximum atomic E-state index is 12.2. The van der Waals surface area contributed by atoms with E-state index in [0.717, 1.165) is 5.56 Å². The fraction of sp³-hybridized carbons (Fsp3) is 0.375. The van der Waals surface area contributed by atoms with Crippen LogP contribution in [0.4, 0.5) is 5.13 Å². The van der Waals surface area contributed by atoms with E-state index in [0.29, 0.717) is 16.4 Å². The van der Waals surface area contributed by atoms with E-state index in [1.807, 2.05) is 44.4 Å². The van der Waals surface area contributed by atoms with Crippen LogP contribution >= 0.6 is 22.9 Å². The number of ether oxygens (including phenoxy) is 2. The van der Waals surface area contributed by atoms with Gasteiger partial charge in [0.05, 0.1) is 6.10 Å². The Bertz CT molecular complexity index is 646. The minimum Gasteiger partial charge on any atom is -0.459 e. The molecule has 0 radical (unpaired) electrons. The number of nitrogens with zero attached hydrogens (tertiary/aromatic N) is 2. The van der Waals surface area contributed by atoms with Crippen molar-refractivity contribution >= 4 is 34.0 Å². The molecular weight excluding hydrogens is 336 g/mol. The van der Waals surface area contributed by atoms with Gasteiger partial charge in [-0.1, -0.05) is 53.3 Å². The summed E-state index contributed by atoms with van der Waals surface area (Å²) in [4.78, 5) is 18.4. The van der Waals surface area contributed by atoms with Gasteiger partial charge in [0, 0.05) is 27.6 Å². The zero-order valence-electron chi connectivity index (χ0n) is 13.3. The lowest BCUT2D eigenvalue weighted by Crippen LogP contribution is -2.23. The summed E-state index contributed by atoms with van der Waals surface area (Å²) in [6.07, 6.45) is 0.464. The van der Waals surface area contributed by atoms with Gasteiger partial charge in [-0.15, -0.1) is 0 Å². The number of thiazole rings is 1. The highest BCUT2D eigenvalue weighted by atomic mass is 35.5. The minimum atomic E-state index is -0.476. The molecule has 23 heavy (non-hydrogen) atoms. The van der Waals surface area contributed by atoms with E-state index in [1.165, 1.54) is 11.3 Å². The summed E-state index contributed by atoms with van der Waals surface area (Å²) >= 11 is 7.21. The largest absolute Gasteiger partial charge is 0.459 e. The zero-order chi connectivity index (χ0) is 16.8. The SMILES string of the molecule is COC(COC(=O)c1sc(N(C)C)nc1Cl)Cc1ccccc1. The van der Waals surface area contributed by atoms with Crippen molar-refractivity contribution in [1.82, 2.24) is 4.98 Å². The van der Waals surface area contributed by atoms with Crippen LogP contribution < -0.4 is 4.90 Å². The lowest BCUT2D eigenvalue weighted by Gasteiger charge is -2.15. The van der Waals surface area contributed by atoms with Gasteiger partial charge in [0.25, 0.3) is 0 Å². The first kappa shape index (κ1) is 17.7. The minimum absolute atomic E-state index is 0.162. The summed E-state index contributed by atoms with van der Waals surface area (Å²) in [6.45, 7) is 0.162. The van der Waals surface area contributed by atoms with Crippen molar-refractivity contribution in [2.45, 2.75) is 12.5 Å². The summed E-state index contributed by atoms with van der Waals surface area (Å²) in [7, 11) is 5.28. The average Bonchev–Trinajstić information content (AvgIpc) is 2.94. The number of rotatable bonds is 7. The molecule has 1 atom stereocenters. The molecule has 1 heterocycles. The molecule has 0 spiro atoms. The first-order valence-electron chi connectivity index (χ1n) is 7.08. The topological polar surface area (TPSA) is 51.7 Å². The molecule has 2 aromatic rings. The van der Waals surface area contributed by atoms with Crippen molar-refractivity contribution in [2.75, 3.05) is 32.7 Å². The zero-order valence-corrected chi connectivity index (χ0v) is 14.9. The van der Waals surface area contributed by atoms with E-state index in [9.17, 15) is 4.79 Å². The molecule has 0 amide bonds. The first-order chi connectivity index (χ1) is 11.0. The summed E-state index contributed by atoms with van der Waals surface area (Å²) in [5.74, 6) is -0.476. The number of hydrogen-bond donors (Lipinski definition) is 0. The third kappa shape index (κ3) is 4.92. The average molecular weight is 355 g/mol. The lowest BCUT2D eigenvalue weighted by molar-refractivity contribution is 0.0114. The van der Waals surface area contributed by atoms with Crippen molar-refractivity contribution in [3.05, 3.63) is 45.9 Å². The van der Waals surface area contributed by atoms with Crippen LogP contribution in [0, 0.1) is 0 Å². The van der Waals surface area contributed by atoms with Crippen molar-refractivity contribution in [3.8, 4) is 0 Å². The Kier molecular flexibility index (Phi) is 6.38. The van der Waals surface area contributed by atoms with Crippen LogP contribution in [-0.2, 0) is 15.9 Å². The Hall–Kier alpha value is -1.63. The molecule has 0 N–H and O–H groups in total. The normalized spacial score (nSPS) is 12.0. The predicted octanol–water partition coefficient (Wildman–Crippen LogP) is 3.28. The third-order valence-electron chi connectivity index (χ3n) is 3.18. The summed E-state index contributed by atoms with van der Waals surface area (Å²) in [5, 5.41) is 0.829. The molecule has 0 saturated carbocycles. The van der Waals surface area contributed by atoms with Gasteiger partial charge in [0.15, 0.2) is 15.2 Å².